The Bertz CT molecular complexity index is 1070. The van der Waals surface area contributed by atoms with Crippen LogP contribution in [0.1, 0.15) is 81.4 Å². The lowest BCUT2D eigenvalue weighted by molar-refractivity contribution is -0.0480. The van der Waals surface area contributed by atoms with Crippen LogP contribution in [0.2, 0.25) is 0 Å². The van der Waals surface area contributed by atoms with Crippen molar-refractivity contribution in [2.75, 3.05) is 39.5 Å². The summed E-state index contributed by atoms with van der Waals surface area (Å²) in [6, 6.07) is 15.8. The maximum absolute atomic E-state index is 13.2. The molecule has 5 rings (SSSR count). The van der Waals surface area contributed by atoms with Crippen LogP contribution in [-0.2, 0) is 14.2 Å². The van der Waals surface area contributed by atoms with E-state index in [1.165, 1.54) is 32.1 Å². The average molecular weight is 630 g/mol. The van der Waals surface area contributed by atoms with E-state index in [1.54, 1.807) is 0 Å². The molecule has 41 heavy (non-hydrogen) atoms. The third-order valence-corrected chi connectivity index (χ3v) is 8.81. The average Bonchev–Trinajstić information content (AvgIpc) is 3.49. The van der Waals surface area contributed by atoms with Gasteiger partial charge in [0.15, 0.2) is 6.29 Å². The molecule has 3 unspecified atom stereocenters. The lowest BCUT2D eigenvalue weighted by Crippen LogP contribution is -2.49. The highest BCUT2D eigenvalue weighted by Crippen LogP contribution is 2.31. The van der Waals surface area contributed by atoms with Crippen LogP contribution in [0.5, 0.6) is 5.75 Å². The molecule has 3 aliphatic rings. The van der Waals surface area contributed by atoms with Crippen molar-refractivity contribution in [2.24, 2.45) is 5.92 Å². The molecule has 3 fully saturated rings. The zero-order valence-corrected chi connectivity index (χ0v) is 25.7. The van der Waals surface area contributed by atoms with E-state index in [9.17, 15) is 4.79 Å². The fourth-order valence-corrected chi connectivity index (χ4v) is 6.85. The number of hydrogen-bond acceptors (Lipinski definition) is 6. The first kappa shape index (κ1) is 30.3. The van der Waals surface area contributed by atoms with Crippen molar-refractivity contribution < 1.29 is 23.7 Å². The van der Waals surface area contributed by atoms with Gasteiger partial charge < -0.3 is 24.3 Å². The minimum Gasteiger partial charge on any atom is -0.494 e. The van der Waals surface area contributed by atoms with Gasteiger partial charge >= 0.3 is 6.09 Å². The van der Waals surface area contributed by atoms with Gasteiger partial charge in [-0.1, -0.05) is 71.9 Å². The number of halogens is 1. The molecular weight excluding hydrogens is 584 g/mol. The number of amides is 1. The third kappa shape index (κ3) is 9.70. The van der Waals surface area contributed by atoms with Gasteiger partial charge in [0.25, 0.3) is 0 Å². The van der Waals surface area contributed by atoms with Crippen molar-refractivity contribution in [2.45, 2.75) is 82.6 Å². The highest BCUT2D eigenvalue weighted by Gasteiger charge is 2.32. The minimum atomic E-state index is -0.365. The topological polar surface area (TPSA) is 69.3 Å². The van der Waals surface area contributed by atoms with E-state index in [4.69, 9.17) is 18.9 Å². The minimum absolute atomic E-state index is 0.0237. The molecule has 7 nitrogen and oxygen atoms in total. The van der Waals surface area contributed by atoms with Crippen molar-refractivity contribution in [3.8, 4) is 5.75 Å². The number of unbranched alkanes of at least 4 members (excludes halogenated alkanes) is 5. The number of nitrogens with zero attached hydrogens (tertiary/aromatic N) is 1. The Balaban J connectivity index is 1.11. The fourth-order valence-electron chi connectivity index (χ4n) is 6.36. The van der Waals surface area contributed by atoms with Crippen molar-refractivity contribution in [1.82, 2.24) is 10.2 Å². The van der Waals surface area contributed by atoms with Crippen LogP contribution in [-0.4, -0.2) is 62.8 Å². The van der Waals surface area contributed by atoms with E-state index >= 15 is 0 Å². The molecule has 224 valence electrons. The molecule has 1 N–H and O–H groups in total. The van der Waals surface area contributed by atoms with Gasteiger partial charge in [-0.3, -0.25) is 4.90 Å². The molecular formula is C33H45BrN2O5. The standard InChI is InChI=1S/C33H45BrN2O5/c34-28-20-27(21-29(22-28)38-16-9-4-2-1-3-8-14-31-39-17-18-40-31)32(26-12-6-5-7-13-26)35-33(37)41-30-19-25-11-10-15-36(23-25)24-30/h5-7,12-13,20-22,25,30-32H,1-4,8-11,14-19,23-24H2,(H,35,37)/t25?,30-,32?/m1/s1. The predicted octanol–water partition coefficient (Wildman–Crippen LogP) is 7.23. The lowest BCUT2D eigenvalue weighted by Gasteiger charge is -2.41. The molecule has 8 heteroatoms. The summed E-state index contributed by atoms with van der Waals surface area (Å²) in [5, 5.41) is 3.16. The summed E-state index contributed by atoms with van der Waals surface area (Å²) in [7, 11) is 0. The molecule has 2 aromatic rings. The number of piperidine rings is 2. The molecule has 3 saturated heterocycles. The Morgan fingerprint density at radius 1 is 0.976 bits per heavy atom. The van der Waals surface area contributed by atoms with Gasteiger partial charge in [-0.25, -0.2) is 4.79 Å². The summed E-state index contributed by atoms with van der Waals surface area (Å²) in [6.07, 6.45) is 11.0. The second-order valence-electron chi connectivity index (χ2n) is 11.7. The summed E-state index contributed by atoms with van der Waals surface area (Å²) in [5.74, 6) is 1.44. The van der Waals surface area contributed by atoms with Crippen LogP contribution in [0, 0.1) is 5.92 Å². The Morgan fingerprint density at radius 3 is 2.56 bits per heavy atom. The maximum atomic E-state index is 13.2. The van der Waals surface area contributed by atoms with Gasteiger partial charge in [0.1, 0.15) is 11.9 Å². The Kier molecular flexibility index (Phi) is 11.8. The van der Waals surface area contributed by atoms with Gasteiger partial charge in [-0.2, -0.15) is 0 Å². The monoisotopic (exact) mass is 628 g/mol. The first-order valence-corrected chi connectivity index (χ1v) is 16.3. The lowest BCUT2D eigenvalue weighted by atomic mass is 9.88. The quantitative estimate of drug-likeness (QED) is 0.223. The molecule has 0 aliphatic carbocycles. The number of benzene rings is 2. The Labute approximate surface area is 253 Å². The van der Waals surface area contributed by atoms with Crippen molar-refractivity contribution in [3.63, 3.8) is 0 Å². The van der Waals surface area contributed by atoms with Crippen LogP contribution in [0.25, 0.3) is 0 Å². The summed E-state index contributed by atoms with van der Waals surface area (Å²) >= 11 is 3.66. The molecule has 2 bridgehead atoms. The number of rotatable bonds is 14. The van der Waals surface area contributed by atoms with E-state index in [0.29, 0.717) is 12.5 Å². The van der Waals surface area contributed by atoms with Gasteiger partial charge in [-0.15, -0.1) is 0 Å². The van der Waals surface area contributed by atoms with E-state index in [-0.39, 0.29) is 24.5 Å². The second-order valence-corrected chi connectivity index (χ2v) is 12.6. The smallest absolute Gasteiger partial charge is 0.408 e. The molecule has 0 spiro atoms. The fraction of sp³-hybridized carbons (Fsp3) is 0.606. The van der Waals surface area contributed by atoms with E-state index in [1.807, 2.05) is 48.5 Å². The van der Waals surface area contributed by atoms with Crippen molar-refractivity contribution in [3.05, 3.63) is 64.1 Å². The number of carbonyl (C=O) groups excluding carboxylic acids is 1. The van der Waals surface area contributed by atoms with E-state index < -0.39 is 0 Å². The number of alkyl carbamates (subject to hydrolysis) is 1. The molecule has 3 heterocycles. The van der Waals surface area contributed by atoms with Gasteiger partial charge in [0.05, 0.1) is 25.9 Å². The SMILES string of the molecule is O=C(NC(c1ccccc1)c1cc(Br)cc(OCCCCCCCCC2OCCO2)c1)O[C@@H]1CC2CCCN(C2)C1. The molecule has 0 aromatic heterocycles. The van der Waals surface area contributed by atoms with Crippen LogP contribution >= 0.6 is 15.9 Å². The number of ether oxygens (including phenoxy) is 4. The number of carbonyl (C=O) groups is 1. The van der Waals surface area contributed by atoms with Crippen LogP contribution in [0.15, 0.2) is 53.0 Å². The third-order valence-electron chi connectivity index (χ3n) is 8.35. The zero-order valence-electron chi connectivity index (χ0n) is 24.1. The maximum Gasteiger partial charge on any atom is 0.408 e. The molecule has 3 aliphatic heterocycles. The first-order valence-electron chi connectivity index (χ1n) is 15.5. The predicted molar refractivity (Wildman–Crippen MR) is 163 cm³/mol. The largest absolute Gasteiger partial charge is 0.494 e. The van der Waals surface area contributed by atoms with Crippen LogP contribution < -0.4 is 10.1 Å². The van der Waals surface area contributed by atoms with Gasteiger partial charge in [-0.05, 0) is 80.3 Å². The highest BCUT2D eigenvalue weighted by atomic mass is 79.9. The summed E-state index contributed by atoms with van der Waals surface area (Å²) in [5.41, 5.74) is 1.96. The van der Waals surface area contributed by atoms with E-state index in [2.05, 4.69) is 26.1 Å². The second kappa shape index (κ2) is 15.9. The molecule has 2 aromatic carbocycles. The Morgan fingerprint density at radius 2 is 1.76 bits per heavy atom. The molecule has 1 amide bonds. The van der Waals surface area contributed by atoms with E-state index in [0.717, 1.165) is 86.3 Å². The number of fused-ring (bicyclic) bond motifs is 2. The molecule has 0 saturated carbocycles. The van der Waals surface area contributed by atoms with Gasteiger partial charge in [0.2, 0.25) is 0 Å². The van der Waals surface area contributed by atoms with Crippen molar-refractivity contribution >= 4 is 22.0 Å². The normalized spacial score (nSPS) is 23.2. The Hall–Kier alpha value is -2.13. The zero-order chi connectivity index (χ0) is 28.3. The molecule has 4 atom stereocenters. The number of nitrogens with one attached hydrogen (secondary N) is 1. The molecule has 0 radical (unpaired) electrons. The van der Waals surface area contributed by atoms with Crippen LogP contribution in [0.3, 0.4) is 0 Å². The first-order chi connectivity index (χ1) is 20.1. The van der Waals surface area contributed by atoms with Crippen molar-refractivity contribution in [1.29, 1.82) is 0 Å². The summed E-state index contributed by atoms with van der Waals surface area (Å²) in [4.78, 5) is 15.6. The number of hydrogen-bond donors (Lipinski definition) is 1. The summed E-state index contributed by atoms with van der Waals surface area (Å²) in [6.45, 7) is 5.22. The van der Waals surface area contributed by atoms with Gasteiger partial charge in [0, 0.05) is 17.6 Å². The van der Waals surface area contributed by atoms with Crippen LogP contribution in [0.4, 0.5) is 4.79 Å². The highest BCUT2D eigenvalue weighted by molar-refractivity contribution is 9.10. The summed E-state index contributed by atoms with van der Waals surface area (Å²) < 4.78 is 24.1.